The van der Waals surface area contributed by atoms with Gasteiger partial charge in [-0.15, -0.1) is 0 Å². The van der Waals surface area contributed by atoms with Gasteiger partial charge in [0, 0.05) is 26.2 Å². The average Bonchev–Trinajstić information content (AvgIpc) is 2.78. The Morgan fingerprint density at radius 1 is 1.07 bits per heavy atom. The normalized spacial score (nSPS) is 18.0. The Bertz CT molecular complexity index is 782. The highest BCUT2D eigenvalue weighted by atomic mass is 16.5. The third kappa shape index (κ3) is 6.41. The van der Waals surface area contributed by atoms with Gasteiger partial charge in [0.05, 0.1) is 18.8 Å². The SMILES string of the molecule is C[C@@H](NC(=O)C(=O)NCCCN1CCO[C@H](c2ccccc2)C1)c1ccccc1. The molecule has 0 aliphatic carbocycles. The number of hydrogen-bond acceptors (Lipinski definition) is 4. The minimum Gasteiger partial charge on any atom is -0.371 e. The average molecular weight is 396 g/mol. The molecular formula is C23H29N3O3. The van der Waals surface area contributed by atoms with Gasteiger partial charge in [0.2, 0.25) is 0 Å². The summed E-state index contributed by atoms with van der Waals surface area (Å²) in [5.41, 5.74) is 2.16. The van der Waals surface area contributed by atoms with Gasteiger partial charge in [-0.25, -0.2) is 0 Å². The number of nitrogens with zero attached hydrogens (tertiary/aromatic N) is 1. The number of carbonyl (C=O) groups is 2. The molecule has 0 radical (unpaired) electrons. The Kier molecular flexibility index (Phi) is 7.78. The number of morpholine rings is 1. The van der Waals surface area contributed by atoms with Gasteiger partial charge in [0.1, 0.15) is 0 Å². The molecule has 1 aliphatic heterocycles. The van der Waals surface area contributed by atoms with Gasteiger partial charge in [-0.3, -0.25) is 14.5 Å². The van der Waals surface area contributed by atoms with E-state index in [4.69, 9.17) is 4.74 Å². The van der Waals surface area contributed by atoms with E-state index in [2.05, 4.69) is 27.7 Å². The van der Waals surface area contributed by atoms with E-state index in [0.29, 0.717) is 13.2 Å². The van der Waals surface area contributed by atoms with Gasteiger partial charge in [-0.05, 0) is 24.5 Å². The molecule has 0 saturated carbocycles. The third-order valence-corrected chi connectivity index (χ3v) is 5.11. The first-order valence-electron chi connectivity index (χ1n) is 10.2. The lowest BCUT2D eigenvalue weighted by Crippen LogP contribution is -2.43. The highest BCUT2D eigenvalue weighted by Gasteiger charge is 2.21. The third-order valence-electron chi connectivity index (χ3n) is 5.11. The maximum absolute atomic E-state index is 12.1. The van der Waals surface area contributed by atoms with Crippen LogP contribution in [0.4, 0.5) is 0 Å². The maximum atomic E-state index is 12.1. The zero-order valence-electron chi connectivity index (χ0n) is 16.8. The topological polar surface area (TPSA) is 70.7 Å². The van der Waals surface area contributed by atoms with Gasteiger partial charge in [0.25, 0.3) is 0 Å². The molecule has 2 aromatic rings. The molecular weight excluding hydrogens is 366 g/mol. The molecule has 0 unspecified atom stereocenters. The molecule has 0 bridgehead atoms. The van der Waals surface area contributed by atoms with Gasteiger partial charge in [0.15, 0.2) is 0 Å². The molecule has 29 heavy (non-hydrogen) atoms. The zero-order chi connectivity index (χ0) is 20.5. The fourth-order valence-corrected chi connectivity index (χ4v) is 3.45. The Morgan fingerprint density at radius 2 is 1.76 bits per heavy atom. The van der Waals surface area contributed by atoms with Crippen LogP contribution in [0.5, 0.6) is 0 Å². The molecule has 2 amide bonds. The van der Waals surface area contributed by atoms with E-state index in [1.165, 1.54) is 5.56 Å². The Hall–Kier alpha value is -2.70. The van der Waals surface area contributed by atoms with Crippen LogP contribution in [0.2, 0.25) is 0 Å². The lowest BCUT2D eigenvalue weighted by atomic mass is 10.1. The van der Waals surface area contributed by atoms with E-state index in [0.717, 1.165) is 31.6 Å². The molecule has 2 atom stereocenters. The van der Waals surface area contributed by atoms with Crippen molar-refractivity contribution in [3.63, 3.8) is 0 Å². The summed E-state index contributed by atoms with van der Waals surface area (Å²) in [4.78, 5) is 26.5. The second-order valence-electron chi connectivity index (χ2n) is 7.29. The first-order valence-corrected chi connectivity index (χ1v) is 10.2. The lowest BCUT2D eigenvalue weighted by Gasteiger charge is -2.33. The number of benzene rings is 2. The number of rotatable bonds is 7. The Labute approximate surface area is 172 Å². The van der Waals surface area contributed by atoms with Gasteiger partial charge < -0.3 is 15.4 Å². The monoisotopic (exact) mass is 395 g/mol. The van der Waals surface area contributed by atoms with Crippen molar-refractivity contribution in [3.05, 3.63) is 71.8 Å². The van der Waals surface area contributed by atoms with Crippen LogP contribution < -0.4 is 10.6 Å². The van der Waals surface area contributed by atoms with Crippen LogP contribution in [-0.4, -0.2) is 49.5 Å². The largest absolute Gasteiger partial charge is 0.371 e. The summed E-state index contributed by atoms with van der Waals surface area (Å²) < 4.78 is 5.88. The van der Waals surface area contributed by atoms with Crippen LogP contribution in [0.25, 0.3) is 0 Å². The standard InChI is InChI=1S/C23H29N3O3/c1-18(19-9-4-2-5-10-19)25-23(28)22(27)24-13-8-14-26-15-16-29-21(17-26)20-11-6-3-7-12-20/h2-7,9-12,18,21H,8,13-17H2,1H3,(H,24,27)(H,25,28)/t18-,21+/m1/s1. The maximum Gasteiger partial charge on any atom is 0.309 e. The predicted molar refractivity (Wildman–Crippen MR) is 112 cm³/mol. The molecule has 1 aliphatic rings. The molecule has 1 fully saturated rings. The van der Waals surface area contributed by atoms with Crippen molar-refractivity contribution in [1.82, 2.24) is 15.5 Å². The number of amides is 2. The van der Waals surface area contributed by atoms with Crippen LogP contribution in [0.15, 0.2) is 60.7 Å². The molecule has 154 valence electrons. The molecule has 2 N–H and O–H groups in total. The summed E-state index contributed by atoms with van der Waals surface area (Å²) >= 11 is 0. The van der Waals surface area contributed by atoms with Crippen LogP contribution in [0.3, 0.4) is 0 Å². The second-order valence-corrected chi connectivity index (χ2v) is 7.29. The minimum atomic E-state index is -0.600. The Balaban J connectivity index is 1.35. The van der Waals surface area contributed by atoms with E-state index in [1.54, 1.807) is 0 Å². The molecule has 0 spiro atoms. The van der Waals surface area contributed by atoms with Crippen LogP contribution >= 0.6 is 0 Å². The van der Waals surface area contributed by atoms with Crippen LogP contribution in [0.1, 0.15) is 36.6 Å². The summed E-state index contributed by atoms with van der Waals surface area (Å²) in [6.07, 6.45) is 0.874. The molecule has 1 heterocycles. The smallest absolute Gasteiger partial charge is 0.309 e. The number of carbonyl (C=O) groups excluding carboxylic acids is 2. The fourth-order valence-electron chi connectivity index (χ4n) is 3.45. The van der Waals surface area contributed by atoms with E-state index < -0.39 is 11.8 Å². The summed E-state index contributed by atoms with van der Waals surface area (Å²) in [5.74, 6) is -1.19. The Morgan fingerprint density at radius 3 is 2.48 bits per heavy atom. The molecule has 1 saturated heterocycles. The van der Waals surface area contributed by atoms with E-state index in [9.17, 15) is 9.59 Å². The summed E-state index contributed by atoms with van der Waals surface area (Å²) in [6, 6.07) is 19.6. The first-order chi connectivity index (χ1) is 14.1. The fraction of sp³-hybridized carbons (Fsp3) is 0.391. The van der Waals surface area contributed by atoms with E-state index in [1.807, 2.05) is 55.5 Å². The van der Waals surface area contributed by atoms with Crippen molar-refractivity contribution < 1.29 is 14.3 Å². The first kappa shape index (κ1) is 21.0. The summed E-state index contributed by atoms with van der Waals surface area (Å²) in [7, 11) is 0. The van der Waals surface area contributed by atoms with Crippen molar-refractivity contribution in [2.75, 3.05) is 32.8 Å². The van der Waals surface area contributed by atoms with Crippen molar-refractivity contribution >= 4 is 11.8 Å². The quantitative estimate of drug-likeness (QED) is 0.558. The number of ether oxygens (including phenoxy) is 1. The zero-order valence-corrected chi connectivity index (χ0v) is 16.8. The highest BCUT2D eigenvalue weighted by Crippen LogP contribution is 2.21. The van der Waals surface area contributed by atoms with E-state index in [-0.39, 0.29) is 12.1 Å². The van der Waals surface area contributed by atoms with Crippen LogP contribution in [0, 0.1) is 0 Å². The van der Waals surface area contributed by atoms with Crippen molar-refractivity contribution in [1.29, 1.82) is 0 Å². The molecule has 0 aromatic heterocycles. The van der Waals surface area contributed by atoms with Crippen molar-refractivity contribution in [2.24, 2.45) is 0 Å². The lowest BCUT2D eigenvalue weighted by molar-refractivity contribution is -0.139. The van der Waals surface area contributed by atoms with Gasteiger partial charge in [-0.2, -0.15) is 0 Å². The summed E-state index contributed by atoms with van der Waals surface area (Å²) in [5, 5.41) is 5.45. The molecule has 6 heteroatoms. The highest BCUT2D eigenvalue weighted by molar-refractivity contribution is 6.35. The number of nitrogens with one attached hydrogen (secondary N) is 2. The molecule has 2 aromatic carbocycles. The van der Waals surface area contributed by atoms with Gasteiger partial charge in [-0.1, -0.05) is 60.7 Å². The van der Waals surface area contributed by atoms with E-state index >= 15 is 0 Å². The van der Waals surface area contributed by atoms with Crippen molar-refractivity contribution in [3.8, 4) is 0 Å². The van der Waals surface area contributed by atoms with Gasteiger partial charge >= 0.3 is 11.8 Å². The van der Waals surface area contributed by atoms with Crippen molar-refractivity contribution in [2.45, 2.75) is 25.5 Å². The second kappa shape index (κ2) is 10.7. The van der Waals surface area contributed by atoms with Crippen LogP contribution in [-0.2, 0) is 14.3 Å². The summed E-state index contributed by atoms with van der Waals surface area (Å²) in [6.45, 7) is 5.61. The number of hydrogen-bond donors (Lipinski definition) is 2. The molecule has 3 rings (SSSR count). The minimum absolute atomic E-state index is 0.0878. The molecule has 6 nitrogen and oxygen atoms in total. The predicted octanol–water partition coefficient (Wildman–Crippen LogP) is 2.44.